The number of hydrogen-bond acceptors (Lipinski definition) is 7. The molecule has 186 valence electrons. The molecule has 0 aliphatic rings. The van der Waals surface area contributed by atoms with Crippen LogP contribution in [0.1, 0.15) is 31.4 Å². The lowest BCUT2D eigenvalue weighted by molar-refractivity contribution is -0.117. The molecule has 1 amide bonds. The van der Waals surface area contributed by atoms with E-state index in [-0.39, 0.29) is 31.3 Å². The largest absolute Gasteiger partial charge is 0.496 e. The van der Waals surface area contributed by atoms with E-state index in [1.165, 1.54) is 17.2 Å². The second kappa shape index (κ2) is 11.1. The number of ether oxygens (including phenoxy) is 1. The van der Waals surface area contributed by atoms with Gasteiger partial charge in [-0.2, -0.15) is 0 Å². The van der Waals surface area contributed by atoms with E-state index in [1.807, 2.05) is 51.2 Å². The maximum absolute atomic E-state index is 15.3. The smallest absolute Gasteiger partial charge is 0.232 e. The van der Waals surface area contributed by atoms with Crippen molar-refractivity contribution in [2.45, 2.75) is 27.2 Å². The Balaban J connectivity index is 2.30. The third kappa shape index (κ3) is 5.51. The number of nitrogens with one attached hydrogen (secondary N) is 1. The Kier molecular flexibility index (Phi) is 8.24. The first-order valence-electron chi connectivity index (χ1n) is 11.4. The minimum atomic E-state index is -0.656. The first kappa shape index (κ1) is 25.9. The maximum Gasteiger partial charge on any atom is 0.232 e. The molecular weight excluding hydrogens is 449 g/mol. The quantitative estimate of drug-likeness (QED) is 0.465. The minimum Gasteiger partial charge on any atom is -0.496 e. The first-order valence-corrected chi connectivity index (χ1v) is 11.4. The fraction of sp³-hybridized carbons (Fsp3) is 0.346. The van der Waals surface area contributed by atoms with Crippen LogP contribution in [-0.4, -0.2) is 60.2 Å². The van der Waals surface area contributed by atoms with E-state index < -0.39 is 5.82 Å². The lowest BCUT2D eigenvalue weighted by atomic mass is 10.0. The summed E-state index contributed by atoms with van der Waals surface area (Å²) < 4.78 is 20.9. The normalized spacial score (nSPS) is 11.5. The summed E-state index contributed by atoms with van der Waals surface area (Å²) in [5.74, 6) is -0.412. The van der Waals surface area contributed by atoms with Crippen molar-refractivity contribution in [3.05, 3.63) is 53.7 Å². The van der Waals surface area contributed by atoms with Gasteiger partial charge in [-0.25, -0.2) is 9.37 Å². The molecule has 0 spiro atoms. The number of halogens is 1. The number of fused-ring (bicyclic) bond motifs is 1. The topological polar surface area (TPSA) is 90.8 Å². The van der Waals surface area contributed by atoms with Crippen molar-refractivity contribution in [2.24, 2.45) is 0 Å². The molecule has 0 aliphatic carbocycles. The van der Waals surface area contributed by atoms with Crippen LogP contribution in [0.3, 0.4) is 0 Å². The van der Waals surface area contributed by atoms with Crippen molar-refractivity contribution in [1.82, 2.24) is 14.9 Å². The predicted molar refractivity (Wildman–Crippen MR) is 138 cm³/mol. The molecule has 2 N–H and O–H groups in total. The Bertz CT molecular complexity index is 1260. The highest BCUT2D eigenvalue weighted by molar-refractivity contribution is 6.09. The number of pyridine rings is 2. The lowest BCUT2D eigenvalue weighted by Crippen LogP contribution is -2.28. The van der Waals surface area contributed by atoms with Crippen molar-refractivity contribution < 1.29 is 19.0 Å². The van der Waals surface area contributed by atoms with Gasteiger partial charge in [0.1, 0.15) is 5.75 Å². The highest BCUT2D eigenvalue weighted by Crippen LogP contribution is 2.39. The van der Waals surface area contributed by atoms with Crippen LogP contribution >= 0.6 is 0 Å². The number of benzene rings is 1. The van der Waals surface area contributed by atoms with Gasteiger partial charge in [0.25, 0.3) is 0 Å². The van der Waals surface area contributed by atoms with E-state index in [1.54, 1.807) is 20.2 Å². The van der Waals surface area contributed by atoms with Gasteiger partial charge in [-0.15, -0.1) is 0 Å². The Labute approximate surface area is 205 Å². The summed E-state index contributed by atoms with van der Waals surface area (Å²) in [6.45, 7) is 5.69. The molecule has 2 heterocycles. The van der Waals surface area contributed by atoms with Crippen molar-refractivity contribution in [2.75, 3.05) is 44.6 Å². The summed E-state index contributed by atoms with van der Waals surface area (Å²) in [6, 6.07) is 5.01. The molecule has 0 aliphatic heterocycles. The molecule has 3 rings (SSSR count). The predicted octanol–water partition coefficient (Wildman–Crippen LogP) is 4.49. The monoisotopic (exact) mass is 481 g/mol. The van der Waals surface area contributed by atoms with Crippen molar-refractivity contribution >= 4 is 39.6 Å². The standard InChI is InChI=1S/C26H32FN5O3/c1-7-24(34)32(26-21(27)10-18(14-30-26)28-8-9-33)25-16(2)13-29-22-12-23(35-6)19(11-20(22)25)17(3)15-31(4)5/h10-15,28,33H,7-9H2,1-6H3/b17-15+. The zero-order chi connectivity index (χ0) is 25.7. The number of allylic oxidation sites excluding steroid dienone is 1. The Morgan fingerprint density at radius 3 is 2.57 bits per heavy atom. The number of amides is 1. The molecule has 1 aromatic carbocycles. The van der Waals surface area contributed by atoms with E-state index in [0.29, 0.717) is 33.6 Å². The number of nitrogens with zero attached hydrogens (tertiary/aromatic N) is 4. The van der Waals surface area contributed by atoms with E-state index in [4.69, 9.17) is 9.84 Å². The van der Waals surface area contributed by atoms with E-state index in [9.17, 15) is 4.79 Å². The summed E-state index contributed by atoms with van der Waals surface area (Å²) >= 11 is 0. The third-order valence-corrected chi connectivity index (χ3v) is 5.47. The fourth-order valence-corrected chi connectivity index (χ4v) is 3.94. The molecule has 35 heavy (non-hydrogen) atoms. The summed E-state index contributed by atoms with van der Waals surface area (Å²) in [5.41, 5.74) is 4.04. The molecule has 0 bridgehead atoms. The van der Waals surface area contributed by atoms with Crippen molar-refractivity contribution in [3.8, 4) is 5.75 Å². The molecule has 0 fully saturated rings. The van der Waals surface area contributed by atoms with Gasteiger partial charge >= 0.3 is 0 Å². The average molecular weight is 482 g/mol. The van der Waals surface area contributed by atoms with Crippen LogP contribution in [0.4, 0.5) is 21.6 Å². The molecule has 2 aromatic heterocycles. The molecule has 0 radical (unpaired) electrons. The van der Waals surface area contributed by atoms with Gasteiger partial charge in [0.2, 0.25) is 5.91 Å². The van der Waals surface area contributed by atoms with Crippen LogP contribution in [0.25, 0.3) is 16.5 Å². The van der Waals surface area contributed by atoms with Crippen LogP contribution in [0.2, 0.25) is 0 Å². The molecule has 3 aromatic rings. The van der Waals surface area contributed by atoms with Crippen LogP contribution in [0.5, 0.6) is 5.75 Å². The Morgan fingerprint density at radius 2 is 1.97 bits per heavy atom. The summed E-state index contributed by atoms with van der Waals surface area (Å²) in [5, 5.41) is 12.6. The van der Waals surface area contributed by atoms with Gasteiger partial charge in [-0.05, 0) is 31.1 Å². The second-order valence-electron chi connectivity index (χ2n) is 8.40. The maximum atomic E-state index is 15.3. The van der Waals surface area contributed by atoms with Gasteiger partial charge in [-0.1, -0.05) is 6.92 Å². The van der Waals surface area contributed by atoms with Crippen LogP contribution < -0.4 is 15.0 Å². The number of carbonyl (C=O) groups excluding carboxylic acids is 1. The van der Waals surface area contributed by atoms with Gasteiger partial charge < -0.3 is 20.1 Å². The molecule has 8 nitrogen and oxygen atoms in total. The highest BCUT2D eigenvalue weighted by Gasteiger charge is 2.26. The molecule has 0 atom stereocenters. The summed E-state index contributed by atoms with van der Waals surface area (Å²) in [7, 11) is 5.47. The zero-order valence-corrected chi connectivity index (χ0v) is 21.0. The molecular formula is C26H32FN5O3. The number of aliphatic hydroxyl groups excluding tert-OH is 1. The Hall–Kier alpha value is -3.72. The van der Waals surface area contributed by atoms with Gasteiger partial charge in [0.15, 0.2) is 11.6 Å². The molecule has 0 unspecified atom stereocenters. The molecule has 0 saturated carbocycles. The number of aromatic nitrogens is 2. The second-order valence-corrected chi connectivity index (χ2v) is 8.40. The molecule has 9 heteroatoms. The number of anilines is 3. The summed E-state index contributed by atoms with van der Waals surface area (Å²) in [6.07, 6.45) is 5.23. The van der Waals surface area contributed by atoms with Crippen molar-refractivity contribution in [3.63, 3.8) is 0 Å². The average Bonchev–Trinajstić information content (AvgIpc) is 2.83. The number of carbonyl (C=O) groups is 1. The van der Waals surface area contributed by atoms with E-state index in [0.717, 1.165) is 11.1 Å². The van der Waals surface area contributed by atoms with Gasteiger partial charge in [0.05, 0.1) is 36.8 Å². The number of rotatable bonds is 9. The van der Waals surface area contributed by atoms with E-state index >= 15 is 4.39 Å². The Morgan fingerprint density at radius 1 is 1.23 bits per heavy atom. The minimum absolute atomic E-state index is 0.0973. The number of aliphatic hydroxyl groups is 1. The van der Waals surface area contributed by atoms with Crippen LogP contribution in [-0.2, 0) is 4.79 Å². The molecule has 0 saturated heterocycles. The number of aryl methyl sites for hydroxylation is 1. The van der Waals surface area contributed by atoms with Crippen LogP contribution in [0, 0.1) is 12.7 Å². The zero-order valence-electron chi connectivity index (χ0n) is 21.0. The van der Waals surface area contributed by atoms with Crippen molar-refractivity contribution in [1.29, 1.82) is 0 Å². The van der Waals surface area contributed by atoms with E-state index in [2.05, 4.69) is 15.3 Å². The van der Waals surface area contributed by atoms with Gasteiger partial charge in [0, 0.05) is 62.5 Å². The van der Waals surface area contributed by atoms with Crippen LogP contribution in [0.15, 0.2) is 36.8 Å². The number of hydrogen-bond donors (Lipinski definition) is 2. The number of methoxy groups -OCH3 is 1. The van der Waals surface area contributed by atoms with Gasteiger partial charge in [-0.3, -0.25) is 14.7 Å². The summed E-state index contributed by atoms with van der Waals surface area (Å²) in [4.78, 5) is 25.3. The SMILES string of the molecule is CCC(=O)N(c1ncc(NCCO)cc1F)c1c(C)cnc2cc(OC)c(/C(C)=C/N(C)C)cc12. The third-order valence-electron chi connectivity index (χ3n) is 5.47. The highest BCUT2D eigenvalue weighted by atomic mass is 19.1. The first-order chi connectivity index (χ1) is 16.7. The fourth-order valence-electron chi connectivity index (χ4n) is 3.94. The lowest BCUT2D eigenvalue weighted by Gasteiger charge is -2.26.